The highest BCUT2D eigenvalue weighted by atomic mass is 35.5. The molecule has 22 heavy (non-hydrogen) atoms. The number of rotatable bonds is 2. The van der Waals surface area contributed by atoms with Gasteiger partial charge in [-0.25, -0.2) is 4.98 Å². The highest BCUT2D eigenvalue weighted by molar-refractivity contribution is 6.31. The van der Waals surface area contributed by atoms with Gasteiger partial charge in [-0.3, -0.25) is 5.10 Å². The van der Waals surface area contributed by atoms with Crippen molar-refractivity contribution in [3.63, 3.8) is 0 Å². The lowest BCUT2D eigenvalue weighted by Gasteiger charge is -2.33. The van der Waals surface area contributed by atoms with Crippen LogP contribution >= 0.6 is 11.6 Å². The molecule has 0 saturated carbocycles. The number of nitrogens with zero attached hydrogens (tertiary/aromatic N) is 3. The van der Waals surface area contributed by atoms with Gasteiger partial charge in [0.25, 0.3) is 0 Å². The number of hydrogen-bond donors (Lipinski definition) is 1. The fourth-order valence-corrected chi connectivity index (χ4v) is 3.38. The Kier molecular flexibility index (Phi) is 3.47. The Labute approximate surface area is 134 Å². The average Bonchev–Trinajstić information content (AvgIpc) is 3.09. The van der Waals surface area contributed by atoms with Crippen molar-refractivity contribution >= 4 is 28.3 Å². The molecule has 1 unspecified atom stereocenters. The fraction of sp³-hybridized carbons (Fsp3) is 0.294. The third-order valence-corrected chi connectivity index (χ3v) is 4.58. The number of aromatic amines is 1. The molecule has 1 aliphatic heterocycles. The second kappa shape index (κ2) is 5.61. The van der Waals surface area contributed by atoms with Crippen LogP contribution in [0.5, 0.6) is 0 Å². The summed E-state index contributed by atoms with van der Waals surface area (Å²) in [7, 11) is 0. The Balaban J connectivity index is 1.62. The van der Waals surface area contributed by atoms with Crippen LogP contribution in [0.15, 0.2) is 42.6 Å². The summed E-state index contributed by atoms with van der Waals surface area (Å²) >= 11 is 6.04. The molecule has 1 saturated heterocycles. The van der Waals surface area contributed by atoms with E-state index in [9.17, 15) is 0 Å². The van der Waals surface area contributed by atoms with Gasteiger partial charge in [0.1, 0.15) is 5.82 Å². The number of fused-ring (bicyclic) bond motifs is 1. The quantitative estimate of drug-likeness (QED) is 0.778. The Bertz CT molecular complexity index is 784. The lowest BCUT2D eigenvalue weighted by atomic mass is 9.95. The molecule has 2 aromatic heterocycles. The van der Waals surface area contributed by atoms with Gasteiger partial charge in [-0.05, 0) is 49.2 Å². The number of benzene rings is 1. The van der Waals surface area contributed by atoms with E-state index in [4.69, 9.17) is 16.6 Å². The van der Waals surface area contributed by atoms with Gasteiger partial charge in [-0.2, -0.15) is 5.10 Å². The molecular formula is C17H17ClN4. The van der Waals surface area contributed by atoms with Gasteiger partial charge in [0.15, 0.2) is 0 Å². The van der Waals surface area contributed by atoms with Crippen molar-refractivity contribution < 1.29 is 0 Å². The first-order valence-corrected chi connectivity index (χ1v) is 7.98. The van der Waals surface area contributed by atoms with E-state index in [1.165, 1.54) is 18.5 Å². The van der Waals surface area contributed by atoms with Crippen molar-refractivity contribution in [1.29, 1.82) is 0 Å². The summed E-state index contributed by atoms with van der Waals surface area (Å²) in [6.45, 7) is 2.03. The molecule has 0 spiro atoms. The molecule has 0 radical (unpaired) electrons. The molecule has 1 N–H and O–H groups in total. The van der Waals surface area contributed by atoms with Crippen LogP contribution in [0.4, 0.5) is 5.82 Å². The number of hydrogen-bond acceptors (Lipinski definition) is 3. The summed E-state index contributed by atoms with van der Waals surface area (Å²) in [6.07, 6.45) is 4.19. The van der Waals surface area contributed by atoms with Crippen molar-refractivity contribution in [2.24, 2.45) is 0 Å². The van der Waals surface area contributed by atoms with Crippen LogP contribution in [0.1, 0.15) is 24.5 Å². The molecular weight excluding hydrogens is 296 g/mol. The Morgan fingerprint density at radius 2 is 2.14 bits per heavy atom. The van der Waals surface area contributed by atoms with E-state index in [-0.39, 0.29) is 0 Å². The number of anilines is 1. The van der Waals surface area contributed by atoms with Crippen LogP contribution in [-0.2, 0) is 0 Å². The maximum absolute atomic E-state index is 6.04. The van der Waals surface area contributed by atoms with Crippen LogP contribution < -0.4 is 4.90 Å². The zero-order valence-corrected chi connectivity index (χ0v) is 12.9. The summed E-state index contributed by atoms with van der Waals surface area (Å²) in [4.78, 5) is 7.16. The van der Waals surface area contributed by atoms with E-state index in [1.807, 2.05) is 24.4 Å². The molecule has 4 rings (SSSR count). The molecule has 4 nitrogen and oxygen atoms in total. The average molecular weight is 313 g/mol. The minimum atomic E-state index is 0.499. The van der Waals surface area contributed by atoms with Crippen LogP contribution in [-0.4, -0.2) is 28.3 Å². The van der Waals surface area contributed by atoms with Gasteiger partial charge in [-0.15, -0.1) is 0 Å². The van der Waals surface area contributed by atoms with Gasteiger partial charge in [-0.1, -0.05) is 11.6 Å². The second-order valence-electron chi connectivity index (χ2n) is 5.80. The summed E-state index contributed by atoms with van der Waals surface area (Å²) in [5.41, 5.74) is 2.21. The second-order valence-corrected chi connectivity index (χ2v) is 6.24. The molecule has 3 heterocycles. The lowest BCUT2D eigenvalue weighted by molar-refractivity contribution is 0.498. The zero-order chi connectivity index (χ0) is 14.9. The van der Waals surface area contributed by atoms with E-state index in [2.05, 4.69) is 33.3 Å². The summed E-state index contributed by atoms with van der Waals surface area (Å²) < 4.78 is 0. The zero-order valence-electron chi connectivity index (χ0n) is 12.2. The lowest BCUT2D eigenvalue weighted by Crippen LogP contribution is -2.35. The number of nitrogens with one attached hydrogen (secondary N) is 1. The number of halogens is 1. The van der Waals surface area contributed by atoms with E-state index in [1.54, 1.807) is 0 Å². The van der Waals surface area contributed by atoms with Gasteiger partial charge < -0.3 is 4.90 Å². The molecule has 1 fully saturated rings. The Morgan fingerprint density at radius 3 is 3.00 bits per heavy atom. The van der Waals surface area contributed by atoms with Crippen molar-refractivity contribution in [1.82, 2.24) is 15.2 Å². The van der Waals surface area contributed by atoms with Gasteiger partial charge in [0.05, 0.1) is 5.52 Å². The molecule has 0 aliphatic carbocycles. The van der Waals surface area contributed by atoms with E-state index in [0.29, 0.717) is 5.92 Å². The normalized spacial score (nSPS) is 18.8. The highest BCUT2D eigenvalue weighted by Gasteiger charge is 2.23. The minimum absolute atomic E-state index is 0.499. The van der Waals surface area contributed by atoms with E-state index < -0.39 is 0 Å². The molecule has 1 aliphatic rings. The molecule has 5 heteroatoms. The number of pyridine rings is 1. The van der Waals surface area contributed by atoms with Crippen molar-refractivity contribution in [2.45, 2.75) is 18.8 Å². The molecule has 1 atom stereocenters. The first-order valence-electron chi connectivity index (χ1n) is 7.60. The molecule has 112 valence electrons. The summed E-state index contributed by atoms with van der Waals surface area (Å²) in [5, 5.41) is 9.01. The van der Waals surface area contributed by atoms with Crippen molar-refractivity contribution in [3.8, 4) is 0 Å². The molecule has 3 aromatic rings. The topological polar surface area (TPSA) is 44.8 Å². The van der Waals surface area contributed by atoms with Crippen molar-refractivity contribution in [3.05, 3.63) is 53.3 Å². The first-order chi connectivity index (χ1) is 10.8. The largest absolute Gasteiger partial charge is 0.356 e. The van der Waals surface area contributed by atoms with Gasteiger partial charge >= 0.3 is 0 Å². The standard InChI is InChI=1S/C17H17ClN4/c18-14-4-5-15-12(10-14)3-6-17(20-15)22-9-1-2-13(11-22)16-7-8-19-21-16/h3-8,10,13H,1-2,9,11H2,(H,19,21). The van der Waals surface area contributed by atoms with E-state index >= 15 is 0 Å². The molecule has 1 aromatic carbocycles. The Morgan fingerprint density at radius 1 is 1.18 bits per heavy atom. The predicted octanol–water partition coefficient (Wildman–Crippen LogP) is 4.00. The van der Waals surface area contributed by atoms with Crippen molar-refractivity contribution in [2.75, 3.05) is 18.0 Å². The van der Waals surface area contributed by atoms with E-state index in [0.717, 1.165) is 34.8 Å². The summed E-state index contributed by atoms with van der Waals surface area (Å²) in [5.74, 6) is 1.54. The fourth-order valence-electron chi connectivity index (χ4n) is 3.19. The molecule has 0 amide bonds. The minimum Gasteiger partial charge on any atom is -0.356 e. The number of piperidine rings is 1. The summed E-state index contributed by atoms with van der Waals surface area (Å²) in [6, 6.07) is 12.1. The smallest absolute Gasteiger partial charge is 0.129 e. The van der Waals surface area contributed by atoms with Gasteiger partial charge in [0.2, 0.25) is 0 Å². The van der Waals surface area contributed by atoms with Crippen LogP contribution in [0.25, 0.3) is 10.9 Å². The van der Waals surface area contributed by atoms with Crippen LogP contribution in [0, 0.1) is 0 Å². The monoisotopic (exact) mass is 312 g/mol. The highest BCUT2D eigenvalue weighted by Crippen LogP contribution is 2.29. The molecule has 0 bridgehead atoms. The Hall–Kier alpha value is -2.07. The first kappa shape index (κ1) is 13.6. The predicted molar refractivity (Wildman–Crippen MR) is 89.5 cm³/mol. The maximum atomic E-state index is 6.04. The number of H-pyrrole nitrogens is 1. The number of aromatic nitrogens is 3. The van der Waals surface area contributed by atoms with Crippen LogP contribution in [0.2, 0.25) is 5.02 Å². The third kappa shape index (κ3) is 2.55. The van der Waals surface area contributed by atoms with Crippen LogP contribution in [0.3, 0.4) is 0 Å². The SMILES string of the molecule is Clc1ccc2nc(N3CCCC(c4ccn[nH]4)C3)ccc2c1. The maximum Gasteiger partial charge on any atom is 0.129 e. The third-order valence-electron chi connectivity index (χ3n) is 4.34. The van der Waals surface area contributed by atoms with Gasteiger partial charge in [0, 0.05) is 41.3 Å².